The van der Waals surface area contributed by atoms with Crippen LogP contribution in [0.25, 0.3) is 22.3 Å². The number of nitriles is 3. The molecule has 0 spiro atoms. The van der Waals surface area contributed by atoms with E-state index in [1.165, 1.54) is 73.1 Å². The van der Waals surface area contributed by atoms with E-state index in [1.54, 1.807) is 94.2 Å². The van der Waals surface area contributed by atoms with E-state index in [0.29, 0.717) is 52.8 Å². The van der Waals surface area contributed by atoms with Gasteiger partial charge in [-0.3, -0.25) is 34.4 Å². The number of anilines is 2. The average molecular weight is 1580 g/mol. The molecule has 0 aliphatic carbocycles. The molecule has 32 heteroatoms. The highest BCUT2D eigenvalue weighted by Gasteiger charge is 2.52. The molecule has 9 aromatic heterocycles. The Balaban J connectivity index is 0.000000160. The first-order chi connectivity index (χ1) is 54.7. The predicted octanol–water partition coefficient (Wildman–Crippen LogP) is 14.3. The molecule has 2 aliphatic heterocycles. The van der Waals surface area contributed by atoms with Gasteiger partial charge in [-0.15, -0.1) is 0 Å². The van der Waals surface area contributed by atoms with Crippen molar-refractivity contribution in [2.75, 3.05) is 10.6 Å². The van der Waals surface area contributed by atoms with Gasteiger partial charge < -0.3 is 41.6 Å². The lowest BCUT2D eigenvalue weighted by Gasteiger charge is -2.32. The van der Waals surface area contributed by atoms with Crippen molar-refractivity contribution in [3.8, 4) is 29.5 Å². The maximum Gasteiger partial charge on any atom is 0.496 e. The van der Waals surface area contributed by atoms with E-state index < -0.39 is 29.7 Å². The van der Waals surface area contributed by atoms with Crippen LogP contribution in [0.5, 0.6) is 0 Å². The molecule has 0 unspecified atom stereocenters. The van der Waals surface area contributed by atoms with Gasteiger partial charge in [0.15, 0.2) is 5.65 Å². The van der Waals surface area contributed by atoms with Crippen LogP contribution < -0.4 is 37.8 Å². The van der Waals surface area contributed by atoms with Crippen LogP contribution in [-0.2, 0) is 35.4 Å². The van der Waals surface area contributed by atoms with Crippen molar-refractivity contribution in [1.29, 1.82) is 15.8 Å². The number of aromatic amines is 1. The molecule has 3 aromatic carbocycles. The Morgan fingerprint density at radius 2 is 0.974 bits per heavy atom. The van der Waals surface area contributed by atoms with Crippen molar-refractivity contribution < 1.29 is 41.3 Å². The summed E-state index contributed by atoms with van der Waals surface area (Å²) in [7, 11) is -0.358. The normalized spacial score (nSPS) is 13.2. The fraction of sp³-hybridized carbons (Fsp3) is 0.195. The number of carbonyl (C=O) groups excluding carboxylic acids is 3. The van der Waals surface area contributed by atoms with Crippen LogP contribution in [0, 0.1) is 57.4 Å². The van der Waals surface area contributed by atoms with Gasteiger partial charge in [0, 0.05) is 98.3 Å². The number of benzene rings is 3. The van der Waals surface area contributed by atoms with Crippen LogP contribution in [0.3, 0.4) is 0 Å². The molecule has 0 saturated carbocycles. The van der Waals surface area contributed by atoms with Crippen LogP contribution in [0.15, 0.2) is 200 Å². The summed E-state index contributed by atoms with van der Waals surface area (Å²) in [6.45, 7) is 14.7. The Morgan fingerprint density at radius 3 is 1.42 bits per heavy atom. The summed E-state index contributed by atoms with van der Waals surface area (Å²) in [5.74, 6) is -2.84. The van der Waals surface area contributed by atoms with Crippen LogP contribution in [0.2, 0.25) is 10.3 Å². The number of hydrogen-bond acceptors (Lipinski definition) is 21. The summed E-state index contributed by atoms with van der Waals surface area (Å²) in [6.07, 6.45) is 16.9. The Bertz CT molecular complexity index is 5530. The Morgan fingerprint density at radius 1 is 0.526 bits per heavy atom. The van der Waals surface area contributed by atoms with Gasteiger partial charge in [-0.05, 0) is 167 Å². The van der Waals surface area contributed by atoms with E-state index in [2.05, 4.69) is 81.6 Å². The van der Waals surface area contributed by atoms with Crippen LogP contribution in [0.4, 0.5) is 34.9 Å². The molecule has 8 N–H and O–H groups in total. The van der Waals surface area contributed by atoms with E-state index in [4.69, 9.17) is 48.8 Å². The van der Waals surface area contributed by atoms with E-state index in [9.17, 15) is 37.2 Å². The lowest BCUT2D eigenvalue weighted by atomic mass is 9.80. The highest BCUT2D eigenvalue weighted by molar-refractivity contribution is 6.62. The molecule has 114 heavy (non-hydrogen) atoms. The number of nitrogens with one attached hydrogen (secondary N) is 6. The fourth-order valence-electron chi connectivity index (χ4n) is 10.9. The zero-order chi connectivity index (χ0) is 81.6. The van der Waals surface area contributed by atoms with Gasteiger partial charge in [0.05, 0.1) is 86.0 Å². The number of nitrogens with zero attached hydrogens (tertiary/aromatic N) is 13. The molecule has 0 bridgehead atoms. The third-order valence-electron chi connectivity index (χ3n) is 18.0. The number of amides is 3. The standard InChI is InChI=1S/C27H21FN8O.C21H17ClFN5O.C15H11F2N3O.C13H17BN2O2.C6H7ClN2/c1-16(19-3-5-22(28)6-4-19)35-27(37)23-8-18(10-29)13-32-26(23)31-12-17-2-7-24(30-11-17)20-9-21-15-34-36-25(21)33-14-20;1-13(16-3-5-17(23)6-4-16)28-21(29)18-8-15(9-24)12-27-20(18)26-11-14-2-7-19(22)25-10-14;1-9(11-2-4-12(16)5-3-11)20-15(21)13-6-10(7-18)8-19-14(13)17;1-12(2)13(3,4)18-14(17-12)9-7-11-10(16-8-9)5-6-15-11;7-6-2-1-5(3-8)4-9-6/h2-9,11,13-16H,12H2,1H3,(H,31,32)(H,35,37)(H,33,34,36);2-8,10,12-13H,11H2,1H3,(H,26,27)(H,28,29);2-6,8-9H,1H3,(H,20,21);6-8H,5H2,1-4H3;1-2,4H,3,8H2/t16-;13-;9-;;/m000../s1. The summed E-state index contributed by atoms with van der Waals surface area (Å²) < 4.78 is 64.7. The zero-order valence-electron chi connectivity index (χ0n) is 62.4. The van der Waals surface area contributed by atoms with Gasteiger partial charge in [-0.25, -0.2) is 43.1 Å². The second-order valence-electron chi connectivity index (χ2n) is 26.7. The van der Waals surface area contributed by atoms with E-state index in [1.807, 2.05) is 88.6 Å². The molecule has 0 radical (unpaired) electrons. The molecular weight excluding hydrogens is 1500 g/mol. The first-order valence-electron chi connectivity index (χ1n) is 35.2. The predicted molar refractivity (Wildman–Crippen MR) is 424 cm³/mol. The second kappa shape index (κ2) is 38.6. The Kier molecular flexibility index (Phi) is 28.2. The number of H-pyrrole nitrogens is 1. The summed E-state index contributed by atoms with van der Waals surface area (Å²) in [6, 6.07) is 41.0. The number of hydrogen-bond donors (Lipinski definition) is 7. The third kappa shape index (κ3) is 22.5. The first-order valence-corrected chi connectivity index (χ1v) is 36.0. The smallest absolute Gasteiger partial charge is 0.399 e. The monoisotopic (exact) mass is 1570 g/mol. The van der Waals surface area contributed by atoms with Crippen LogP contribution >= 0.6 is 23.2 Å². The minimum Gasteiger partial charge on any atom is -0.399 e. The first kappa shape index (κ1) is 83.2. The molecule has 12 aromatic rings. The fourth-order valence-corrected chi connectivity index (χ4v) is 11.1. The number of aliphatic imine (C=N–C) groups is 1. The lowest BCUT2D eigenvalue weighted by molar-refractivity contribution is 0.00578. The molecule has 2 aliphatic rings. The number of carbonyl (C=O) groups is 3. The van der Waals surface area contributed by atoms with Gasteiger partial charge in [0.25, 0.3) is 17.7 Å². The minimum atomic E-state index is -0.946. The SMILES string of the molecule is CC1(C)OB(c2cnc3c(c2)N=CC3)OC1(C)C.C[C@H](NC(=O)c1cc(C#N)cnc1F)c1ccc(F)cc1.C[C@H](NC(=O)c1cc(C#N)cnc1NCc1ccc(-c2cnc3[nH]ncc3c2)nc1)c1ccc(F)cc1.C[C@H](NC(=O)c1cc(C#N)cnc1NCc1ccc(Cl)nc1)c1ccc(F)cc1.NCc1ccc(Cl)nc1. The molecule has 11 heterocycles. The molecular formula is C82H73BCl2F4N20O5. The molecule has 1 fully saturated rings. The number of aromatic nitrogens is 10. The van der Waals surface area contributed by atoms with Crippen molar-refractivity contribution in [2.24, 2.45) is 10.7 Å². The number of nitrogens with two attached hydrogens (primary N) is 1. The van der Waals surface area contributed by atoms with Gasteiger partial charge in [-0.2, -0.15) is 25.3 Å². The molecule has 25 nitrogen and oxygen atoms in total. The molecule has 14 rings (SSSR count). The van der Waals surface area contributed by atoms with Crippen molar-refractivity contribution in [2.45, 2.75) is 104 Å². The quantitative estimate of drug-likeness (QED) is 0.0238. The largest absolute Gasteiger partial charge is 0.496 e. The Labute approximate surface area is 663 Å². The van der Waals surface area contributed by atoms with Gasteiger partial charge in [0.1, 0.15) is 57.6 Å². The van der Waals surface area contributed by atoms with Crippen LogP contribution in [0.1, 0.15) is 153 Å². The number of pyridine rings is 8. The highest BCUT2D eigenvalue weighted by Crippen LogP contribution is 2.37. The van der Waals surface area contributed by atoms with E-state index >= 15 is 0 Å². The van der Waals surface area contributed by atoms with Crippen molar-refractivity contribution in [1.82, 2.24) is 66.0 Å². The topological polar surface area (TPSA) is 371 Å². The van der Waals surface area contributed by atoms with Crippen LogP contribution in [-0.4, -0.2) is 92.3 Å². The van der Waals surface area contributed by atoms with Gasteiger partial charge in [0.2, 0.25) is 5.95 Å². The number of fused-ring (bicyclic) bond motifs is 2. The van der Waals surface area contributed by atoms with Gasteiger partial charge >= 0.3 is 7.12 Å². The molecule has 3 amide bonds. The van der Waals surface area contributed by atoms with Gasteiger partial charge in [-0.1, -0.05) is 77.8 Å². The zero-order valence-corrected chi connectivity index (χ0v) is 63.9. The summed E-state index contributed by atoms with van der Waals surface area (Å²) in [4.78, 5) is 75.2. The van der Waals surface area contributed by atoms with Crippen molar-refractivity contribution in [3.05, 3.63) is 301 Å². The minimum absolute atomic E-state index is 0.0935. The summed E-state index contributed by atoms with van der Waals surface area (Å²) >= 11 is 11.3. The average Bonchev–Trinajstić information content (AvgIpc) is 1.62. The molecule has 576 valence electrons. The van der Waals surface area contributed by atoms with Crippen molar-refractivity contribution >= 4 is 88.1 Å². The maximum absolute atomic E-state index is 13.5. The molecule has 3 atom stereocenters. The number of rotatable bonds is 18. The van der Waals surface area contributed by atoms with E-state index in [-0.39, 0.29) is 81.2 Å². The van der Waals surface area contributed by atoms with Crippen molar-refractivity contribution in [3.63, 3.8) is 0 Å². The Hall–Kier alpha value is -13.3. The summed E-state index contributed by atoms with van der Waals surface area (Å²) in [5, 5.41) is 50.4. The van der Waals surface area contributed by atoms with E-state index in [0.717, 1.165) is 80.0 Å². The second-order valence-corrected chi connectivity index (χ2v) is 27.5. The third-order valence-corrected chi connectivity index (χ3v) is 18.5. The lowest BCUT2D eigenvalue weighted by Crippen LogP contribution is -2.41. The highest BCUT2D eigenvalue weighted by atomic mass is 35.5. The maximum atomic E-state index is 13.5. The number of halogens is 6. The summed E-state index contributed by atoms with van der Waals surface area (Å²) in [5.41, 5.74) is 15.6. The molecule has 1 saturated heterocycles.